The predicted octanol–water partition coefficient (Wildman–Crippen LogP) is 2.87. The van der Waals surface area contributed by atoms with Gasteiger partial charge in [-0.15, -0.1) is 0 Å². The molecule has 0 rings (SSSR count). The van der Waals surface area contributed by atoms with Crippen LogP contribution in [0.2, 0.25) is 0 Å². The van der Waals surface area contributed by atoms with E-state index in [0.29, 0.717) is 0 Å². The third kappa shape index (κ3) is 10.4. The highest BCUT2D eigenvalue weighted by atomic mass is 16.1. The molecule has 98 valence electrons. The van der Waals surface area contributed by atoms with Crippen molar-refractivity contribution in [2.75, 3.05) is 0 Å². The summed E-state index contributed by atoms with van der Waals surface area (Å²) in [6.07, 6.45) is 9.91. The molecular weight excluding hydrogens is 226 g/mol. The summed E-state index contributed by atoms with van der Waals surface area (Å²) in [6, 6.07) is 0. The predicted molar refractivity (Wildman–Crippen MR) is 76.9 cm³/mol. The van der Waals surface area contributed by atoms with E-state index >= 15 is 0 Å². The number of nitrogens with two attached hydrogens (primary N) is 1. The molecule has 3 nitrogen and oxygen atoms in total. The second kappa shape index (κ2) is 12.9. The molecule has 0 radical (unpaired) electrons. The van der Waals surface area contributed by atoms with Crippen LogP contribution in [-0.2, 0) is 9.59 Å². The van der Waals surface area contributed by atoms with E-state index in [0.717, 1.165) is 11.8 Å². The van der Waals surface area contributed by atoms with E-state index in [1.165, 1.54) is 12.2 Å². The number of allylic oxidation sites excluding steroid dienone is 7. The lowest BCUT2D eigenvalue weighted by atomic mass is 10.1. The molecule has 0 aromatic rings. The normalized spacial score (nSPS) is 10.9. The van der Waals surface area contributed by atoms with Gasteiger partial charge < -0.3 is 5.73 Å². The van der Waals surface area contributed by atoms with Crippen LogP contribution in [0.25, 0.3) is 0 Å². The van der Waals surface area contributed by atoms with Gasteiger partial charge in [0.25, 0.3) is 0 Å². The first-order valence-electron chi connectivity index (χ1n) is 5.71. The third-order valence-electron chi connectivity index (χ3n) is 1.64. The molecule has 0 saturated carbocycles. The largest absolute Gasteiger partial charge is 0.404 e. The van der Waals surface area contributed by atoms with E-state index in [9.17, 15) is 9.59 Å². The number of ketones is 2. The van der Waals surface area contributed by atoms with E-state index in [2.05, 4.69) is 13.2 Å². The fourth-order valence-electron chi connectivity index (χ4n) is 0.914. The van der Waals surface area contributed by atoms with Gasteiger partial charge in [0, 0.05) is 0 Å². The lowest BCUT2D eigenvalue weighted by molar-refractivity contribution is -0.121. The topological polar surface area (TPSA) is 60.2 Å². The van der Waals surface area contributed by atoms with Gasteiger partial charge in [-0.25, -0.2) is 0 Å². The van der Waals surface area contributed by atoms with Crippen LogP contribution in [0, 0.1) is 0 Å². The first-order chi connectivity index (χ1) is 8.63. The summed E-state index contributed by atoms with van der Waals surface area (Å²) < 4.78 is 0. The number of hydrogen-bond donors (Lipinski definition) is 1. The molecule has 0 aliphatic heterocycles. The van der Waals surface area contributed by atoms with Crippen molar-refractivity contribution in [3.63, 3.8) is 0 Å². The molecule has 0 saturated heterocycles. The number of rotatable bonds is 7. The summed E-state index contributed by atoms with van der Waals surface area (Å²) in [7, 11) is 0. The van der Waals surface area contributed by atoms with Gasteiger partial charge in [-0.05, 0) is 23.9 Å². The maximum absolute atomic E-state index is 11.3. The lowest BCUT2D eigenvalue weighted by Crippen LogP contribution is -2.02. The Kier molecular flexibility index (Phi) is 13.1. The van der Waals surface area contributed by atoms with Gasteiger partial charge in [-0.2, -0.15) is 0 Å². The van der Waals surface area contributed by atoms with Gasteiger partial charge >= 0.3 is 0 Å². The van der Waals surface area contributed by atoms with Gasteiger partial charge in [0.05, 0.1) is 6.42 Å². The van der Waals surface area contributed by atoms with Gasteiger partial charge in [-0.1, -0.05) is 51.3 Å². The number of hydrogen-bond acceptors (Lipinski definition) is 3. The minimum atomic E-state index is -0.315. The van der Waals surface area contributed by atoms with Crippen molar-refractivity contribution < 1.29 is 9.59 Å². The quantitative estimate of drug-likeness (QED) is 0.427. The van der Waals surface area contributed by atoms with E-state index in [4.69, 9.17) is 5.73 Å². The Morgan fingerprint density at radius 1 is 1.06 bits per heavy atom. The molecule has 0 fully saturated rings. The van der Waals surface area contributed by atoms with E-state index in [1.54, 1.807) is 24.3 Å². The highest BCUT2D eigenvalue weighted by Crippen LogP contribution is 1.99. The van der Waals surface area contributed by atoms with Crippen LogP contribution < -0.4 is 5.73 Å². The molecule has 2 N–H and O–H groups in total. The molecule has 0 unspecified atom stereocenters. The zero-order valence-electron chi connectivity index (χ0n) is 11.1. The Hall–Kier alpha value is -2.16. The SMILES string of the molecule is C=C/C=C(C=C)/C=C/C(=O)CC(=O)/C=C/N.CC. The van der Waals surface area contributed by atoms with Gasteiger partial charge in [0.1, 0.15) is 0 Å². The van der Waals surface area contributed by atoms with Gasteiger partial charge in [0.2, 0.25) is 0 Å². The van der Waals surface area contributed by atoms with Crippen LogP contribution in [0.1, 0.15) is 20.3 Å². The molecule has 18 heavy (non-hydrogen) atoms. The first kappa shape index (κ1) is 18.2. The van der Waals surface area contributed by atoms with E-state index < -0.39 is 0 Å². The Morgan fingerprint density at radius 3 is 2.06 bits per heavy atom. The van der Waals surface area contributed by atoms with Crippen molar-refractivity contribution in [3.8, 4) is 0 Å². The van der Waals surface area contributed by atoms with Crippen LogP contribution >= 0.6 is 0 Å². The highest BCUT2D eigenvalue weighted by molar-refractivity contribution is 6.08. The Bertz CT molecular complexity index is 374. The fourth-order valence-corrected chi connectivity index (χ4v) is 0.914. The maximum atomic E-state index is 11.3. The van der Waals surface area contributed by atoms with Crippen LogP contribution in [0.5, 0.6) is 0 Å². The molecule has 0 aliphatic carbocycles. The summed E-state index contributed by atoms with van der Waals surface area (Å²) in [6.45, 7) is 11.1. The summed E-state index contributed by atoms with van der Waals surface area (Å²) in [5.74, 6) is -0.593. The van der Waals surface area contributed by atoms with Crippen molar-refractivity contribution in [3.05, 3.63) is 61.4 Å². The van der Waals surface area contributed by atoms with Crippen LogP contribution in [0.4, 0.5) is 0 Å². The molecule has 0 aromatic heterocycles. The van der Waals surface area contributed by atoms with Crippen molar-refractivity contribution in [1.82, 2.24) is 0 Å². The summed E-state index contributed by atoms with van der Waals surface area (Å²) in [4.78, 5) is 22.3. The second-order valence-electron chi connectivity index (χ2n) is 2.91. The molecular formula is C15H21NO2. The van der Waals surface area contributed by atoms with Crippen molar-refractivity contribution in [2.45, 2.75) is 20.3 Å². The number of carbonyl (C=O) groups excluding carboxylic acids is 2. The summed E-state index contributed by atoms with van der Waals surface area (Å²) in [5.41, 5.74) is 5.78. The highest BCUT2D eigenvalue weighted by Gasteiger charge is 2.02. The smallest absolute Gasteiger partial charge is 0.164 e. The second-order valence-corrected chi connectivity index (χ2v) is 2.91. The van der Waals surface area contributed by atoms with Crippen LogP contribution in [-0.4, -0.2) is 11.6 Å². The minimum absolute atomic E-state index is 0.178. The number of carbonyl (C=O) groups is 2. The molecule has 0 atom stereocenters. The summed E-state index contributed by atoms with van der Waals surface area (Å²) >= 11 is 0. The van der Waals surface area contributed by atoms with E-state index in [1.807, 2.05) is 13.8 Å². The van der Waals surface area contributed by atoms with Crippen molar-refractivity contribution in [1.29, 1.82) is 0 Å². The molecule has 0 spiro atoms. The van der Waals surface area contributed by atoms with Gasteiger partial charge in [-0.3, -0.25) is 9.59 Å². The van der Waals surface area contributed by atoms with Gasteiger partial charge in [0.15, 0.2) is 11.6 Å². The first-order valence-corrected chi connectivity index (χ1v) is 5.71. The maximum Gasteiger partial charge on any atom is 0.164 e. The van der Waals surface area contributed by atoms with Crippen LogP contribution in [0.3, 0.4) is 0 Å². The molecule has 0 bridgehead atoms. The molecule has 0 amide bonds. The monoisotopic (exact) mass is 247 g/mol. The molecule has 0 aliphatic rings. The third-order valence-corrected chi connectivity index (χ3v) is 1.64. The van der Waals surface area contributed by atoms with Crippen molar-refractivity contribution in [2.24, 2.45) is 5.73 Å². The molecule has 0 aromatic carbocycles. The summed E-state index contributed by atoms with van der Waals surface area (Å²) in [5, 5.41) is 0. The lowest BCUT2D eigenvalue weighted by Gasteiger charge is -1.92. The Balaban J connectivity index is 0. The Morgan fingerprint density at radius 2 is 1.61 bits per heavy atom. The van der Waals surface area contributed by atoms with Crippen LogP contribution in [0.15, 0.2) is 61.4 Å². The average molecular weight is 247 g/mol. The molecule has 0 heterocycles. The molecule has 3 heteroatoms. The van der Waals surface area contributed by atoms with Crippen molar-refractivity contribution >= 4 is 11.6 Å². The zero-order chi connectivity index (χ0) is 14.4. The fraction of sp³-hybridized carbons (Fsp3) is 0.200. The minimum Gasteiger partial charge on any atom is -0.404 e. The Labute approximate surface area is 109 Å². The zero-order valence-corrected chi connectivity index (χ0v) is 11.1. The average Bonchev–Trinajstić information content (AvgIpc) is 2.37. The standard InChI is InChI=1S/C13H15NO2.C2H6/c1-3-5-11(4-2)6-7-12(15)10-13(16)8-9-14;1-2/h3-9H,1-2,10,14H2;1-2H3/b7-6+,9-8+,11-5+;. The van der Waals surface area contributed by atoms with E-state index in [-0.39, 0.29) is 18.0 Å².